The average Bonchev–Trinajstić information content (AvgIpc) is 2.90. The van der Waals surface area contributed by atoms with Crippen molar-refractivity contribution >= 4 is 11.9 Å². The van der Waals surface area contributed by atoms with Gasteiger partial charge in [-0.1, -0.05) is 0 Å². The molecule has 2 atom stereocenters. The van der Waals surface area contributed by atoms with Crippen molar-refractivity contribution < 1.29 is 19.4 Å². The highest BCUT2D eigenvalue weighted by atomic mass is 16.5. The van der Waals surface area contributed by atoms with E-state index in [1.165, 1.54) is 0 Å². The van der Waals surface area contributed by atoms with E-state index in [1.54, 1.807) is 4.90 Å². The van der Waals surface area contributed by atoms with E-state index in [9.17, 15) is 9.59 Å². The van der Waals surface area contributed by atoms with Crippen molar-refractivity contribution in [3.8, 4) is 0 Å². The number of carbonyl (C=O) groups is 2. The first-order chi connectivity index (χ1) is 8.11. The molecule has 0 spiro atoms. The van der Waals surface area contributed by atoms with Crippen LogP contribution in [0.15, 0.2) is 0 Å². The van der Waals surface area contributed by atoms with Gasteiger partial charge in [0.15, 0.2) is 0 Å². The van der Waals surface area contributed by atoms with Gasteiger partial charge in [0.1, 0.15) is 0 Å². The second-order valence-electron chi connectivity index (χ2n) is 6.60. The first-order valence-electron chi connectivity index (χ1n) is 6.33. The van der Waals surface area contributed by atoms with Crippen molar-refractivity contribution in [1.29, 1.82) is 0 Å². The number of morpholine rings is 1. The molecule has 0 unspecified atom stereocenters. The summed E-state index contributed by atoms with van der Waals surface area (Å²) in [6.45, 7) is 8.87. The largest absolute Gasteiger partial charge is 0.481 e. The van der Waals surface area contributed by atoms with E-state index in [2.05, 4.69) is 0 Å². The number of nitrogens with zero attached hydrogens (tertiary/aromatic N) is 1. The van der Waals surface area contributed by atoms with E-state index < -0.39 is 11.9 Å². The molecule has 0 aromatic carbocycles. The average molecular weight is 255 g/mol. The van der Waals surface area contributed by atoms with Crippen LogP contribution in [-0.2, 0) is 14.3 Å². The Bertz CT molecular complexity index is 372. The summed E-state index contributed by atoms with van der Waals surface area (Å²) in [4.78, 5) is 24.8. The third-order valence-electron chi connectivity index (χ3n) is 3.43. The van der Waals surface area contributed by atoms with Gasteiger partial charge in [0, 0.05) is 13.1 Å². The summed E-state index contributed by atoms with van der Waals surface area (Å²) in [5, 5.41) is 8.88. The number of aliphatic carboxylic acids is 1. The quantitative estimate of drug-likeness (QED) is 0.803. The van der Waals surface area contributed by atoms with Crippen LogP contribution in [0.3, 0.4) is 0 Å². The standard InChI is InChI=1S/C13H21NO4/c1-12(2)6-14(7-13(3,4)18-12)10(15)8-5-9(8)11(16)17/h8-9H,5-7H2,1-4H3,(H,16,17)/t8-,9+/m1/s1. The molecule has 2 fully saturated rings. The highest BCUT2D eigenvalue weighted by Crippen LogP contribution is 2.41. The highest BCUT2D eigenvalue weighted by molar-refractivity contribution is 5.89. The van der Waals surface area contributed by atoms with Gasteiger partial charge in [-0.3, -0.25) is 9.59 Å². The number of hydrogen-bond donors (Lipinski definition) is 1. The number of carboxylic acid groups (broad SMARTS) is 1. The van der Waals surface area contributed by atoms with Crippen molar-refractivity contribution in [1.82, 2.24) is 4.90 Å². The number of carboxylic acids is 1. The first-order valence-corrected chi connectivity index (χ1v) is 6.33. The van der Waals surface area contributed by atoms with E-state index >= 15 is 0 Å². The summed E-state index contributed by atoms with van der Waals surface area (Å²) < 4.78 is 5.91. The molecule has 2 rings (SSSR count). The van der Waals surface area contributed by atoms with Crippen LogP contribution in [0.5, 0.6) is 0 Å². The lowest BCUT2D eigenvalue weighted by molar-refractivity contribution is -0.188. The maximum Gasteiger partial charge on any atom is 0.307 e. The molecular weight excluding hydrogens is 234 g/mol. The minimum Gasteiger partial charge on any atom is -0.481 e. The molecule has 1 heterocycles. The van der Waals surface area contributed by atoms with Gasteiger partial charge in [-0.2, -0.15) is 0 Å². The molecular formula is C13H21NO4. The molecule has 0 aromatic rings. The molecule has 1 saturated carbocycles. The van der Waals surface area contributed by atoms with Crippen LogP contribution < -0.4 is 0 Å². The van der Waals surface area contributed by atoms with Crippen molar-refractivity contribution in [3.63, 3.8) is 0 Å². The van der Waals surface area contributed by atoms with Crippen LogP contribution in [-0.4, -0.2) is 46.2 Å². The monoisotopic (exact) mass is 255 g/mol. The molecule has 0 radical (unpaired) electrons. The van der Waals surface area contributed by atoms with Crippen LogP contribution in [0, 0.1) is 11.8 Å². The van der Waals surface area contributed by atoms with Crippen LogP contribution in [0.4, 0.5) is 0 Å². The van der Waals surface area contributed by atoms with Gasteiger partial charge in [0.2, 0.25) is 5.91 Å². The zero-order valence-corrected chi connectivity index (χ0v) is 11.4. The second kappa shape index (κ2) is 3.95. The second-order valence-corrected chi connectivity index (χ2v) is 6.60. The van der Waals surface area contributed by atoms with Crippen LogP contribution in [0.1, 0.15) is 34.1 Å². The topological polar surface area (TPSA) is 66.8 Å². The summed E-state index contributed by atoms with van der Waals surface area (Å²) in [5.74, 6) is -1.70. The van der Waals surface area contributed by atoms with Crippen LogP contribution >= 0.6 is 0 Å². The lowest BCUT2D eigenvalue weighted by atomic mass is 9.98. The number of carbonyl (C=O) groups excluding carboxylic acids is 1. The summed E-state index contributed by atoms with van der Waals surface area (Å²) in [6, 6.07) is 0. The van der Waals surface area contributed by atoms with Crippen molar-refractivity contribution in [2.75, 3.05) is 13.1 Å². The van der Waals surface area contributed by atoms with E-state index in [1.807, 2.05) is 27.7 Å². The molecule has 1 aliphatic carbocycles. The lowest BCUT2D eigenvalue weighted by Gasteiger charge is -2.47. The molecule has 5 nitrogen and oxygen atoms in total. The fourth-order valence-corrected chi connectivity index (χ4v) is 2.92. The minimum absolute atomic E-state index is 0.0353. The number of amides is 1. The Morgan fingerprint density at radius 3 is 2.00 bits per heavy atom. The first kappa shape index (κ1) is 13.3. The fraction of sp³-hybridized carbons (Fsp3) is 0.846. The van der Waals surface area contributed by atoms with Gasteiger partial charge < -0.3 is 14.7 Å². The number of rotatable bonds is 2. The third-order valence-corrected chi connectivity index (χ3v) is 3.43. The molecule has 2 aliphatic rings. The SMILES string of the molecule is CC1(C)CN(C(=O)[C@@H]2C[C@@H]2C(=O)O)CC(C)(C)O1. The molecule has 1 saturated heterocycles. The zero-order valence-electron chi connectivity index (χ0n) is 11.4. The van der Waals surface area contributed by atoms with Gasteiger partial charge >= 0.3 is 5.97 Å². The van der Waals surface area contributed by atoms with Gasteiger partial charge in [-0.15, -0.1) is 0 Å². The fourth-order valence-electron chi connectivity index (χ4n) is 2.92. The molecule has 1 amide bonds. The molecule has 1 N–H and O–H groups in total. The minimum atomic E-state index is -0.861. The van der Waals surface area contributed by atoms with Crippen LogP contribution in [0.25, 0.3) is 0 Å². The Labute approximate surface area is 107 Å². The van der Waals surface area contributed by atoms with Crippen molar-refractivity contribution in [2.24, 2.45) is 11.8 Å². The van der Waals surface area contributed by atoms with E-state index in [-0.39, 0.29) is 23.0 Å². The summed E-state index contributed by atoms with van der Waals surface area (Å²) in [5.41, 5.74) is -0.768. The molecule has 0 aromatic heterocycles. The predicted molar refractivity (Wildman–Crippen MR) is 65.1 cm³/mol. The molecule has 18 heavy (non-hydrogen) atoms. The van der Waals surface area contributed by atoms with Gasteiger partial charge in [0.25, 0.3) is 0 Å². The van der Waals surface area contributed by atoms with E-state index in [0.717, 1.165) is 0 Å². The predicted octanol–water partition coefficient (Wildman–Crippen LogP) is 1.12. The Morgan fingerprint density at radius 2 is 1.61 bits per heavy atom. The number of hydrogen-bond acceptors (Lipinski definition) is 3. The third kappa shape index (κ3) is 2.66. The number of ether oxygens (including phenoxy) is 1. The molecule has 1 aliphatic heterocycles. The summed E-state index contributed by atoms with van der Waals surface area (Å²) in [6.07, 6.45) is 0.479. The van der Waals surface area contributed by atoms with Gasteiger partial charge in [-0.25, -0.2) is 0 Å². The van der Waals surface area contributed by atoms with E-state index in [4.69, 9.17) is 9.84 Å². The van der Waals surface area contributed by atoms with E-state index in [0.29, 0.717) is 19.5 Å². The van der Waals surface area contributed by atoms with Crippen molar-refractivity contribution in [3.05, 3.63) is 0 Å². The Balaban J connectivity index is 2.05. The molecule has 102 valence electrons. The maximum absolute atomic E-state index is 12.3. The maximum atomic E-state index is 12.3. The summed E-state index contributed by atoms with van der Waals surface area (Å²) >= 11 is 0. The van der Waals surface area contributed by atoms with Crippen LogP contribution in [0.2, 0.25) is 0 Å². The van der Waals surface area contributed by atoms with Gasteiger partial charge in [0.05, 0.1) is 23.0 Å². The van der Waals surface area contributed by atoms with Crippen molar-refractivity contribution in [2.45, 2.75) is 45.3 Å². The van der Waals surface area contributed by atoms with Gasteiger partial charge in [-0.05, 0) is 34.1 Å². The normalized spacial score (nSPS) is 33.0. The molecule has 0 bridgehead atoms. The Morgan fingerprint density at radius 1 is 1.11 bits per heavy atom. The Kier molecular flexibility index (Phi) is 2.93. The smallest absolute Gasteiger partial charge is 0.307 e. The highest BCUT2D eigenvalue weighted by Gasteiger charge is 2.52. The lowest BCUT2D eigenvalue weighted by Crippen LogP contribution is -2.59. The Hall–Kier alpha value is -1.10. The zero-order chi connectivity index (χ0) is 13.7. The molecule has 5 heteroatoms. The summed E-state index contributed by atoms with van der Waals surface area (Å²) in [7, 11) is 0.